The molecule has 0 fully saturated rings. The Labute approximate surface area is 286 Å². The van der Waals surface area contributed by atoms with Gasteiger partial charge in [0, 0.05) is 35.3 Å². The Balaban J connectivity index is 1.14. The molecular formula is C46H26N2O2. The van der Waals surface area contributed by atoms with E-state index in [1.165, 1.54) is 64.8 Å². The van der Waals surface area contributed by atoms with Crippen LogP contribution in [0.1, 0.15) is 31.8 Å². The highest BCUT2D eigenvalue weighted by Crippen LogP contribution is 2.50. The number of benzene rings is 10. The number of rotatable bonds is 2. The van der Waals surface area contributed by atoms with Crippen LogP contribution >= 0.6 is 0 Å². The zero-order valence-electron chi connectivity index (χ0n) is 26.8. The molecule has 0 spiro atoms. The van der Waals surface area contributed by atoms with Crippen molar-refractivity contribution >= 4 is 98.6 Å². The van der Waals surface area contributed by atoms with E-state index in [2.05, 4.69) is 95.9 Å². The molecular weight excluding hydrogens is 613 g/mol. The smallest absolute Gasteiger partial charge is 0.265 e. The van der Waals surface area contributed by atoms with Crippen molar-refractivity contribution in [1.29, 1.82) is 0 Å². The van der Waals surface area contributed by atoms with Gasteiger partial charge in [0.25, 0.3) is 11.8 Å². The molecule has 2 aliphatic heterocycles. The molecule has 4 nitrogen and oxygen atoms in total. The Morgan fingerprint density at radius 1 is 0.340 bits per heavy atom. The molecule has 232 valence electrons. The van der Waals surface area contributed by atoms with E-state index in [9.17, 15) is 9.59 Å². The summed E-state index contributed by atoms with van der Waals surface area (Å²) in [6, 6.07) is 46.4. The third-order valence-electron chi connectivity index (χ3n) is 11.5. The predicted molar refractivity (Wildman–Crippen MR) is 205 cm³/mol. The average molecular weight is 639 g/mol. The molecule has 0 radical (unpaired) electrons. The summed E-state index contributed by atoms with van der Waals surface area (Å²) < 4.78 is 0. The first kappa shape index (κ1) is 26.4. The highest BCUT2D eigenvalue weighted by molar-refractivity contribution is 6.45. The zero-order chi connectivity index (χ0) is 32.8. The molecule has 2 amide bonds. The van der Waals surface area contributed by atoms with Gasteiger partial charge in [-0.25, -0.2) is 4.90 Å². The molecule has 2 heterocycles. The van der Waals surface area contributed by atoms with Gasteiger partial charge in [0.15, 0.2) is 0 Å². The number of fused-ring (bicyclic) bond motifs is 4. The summed E-state index contributed by atoms with van der Waals surface area (Å²) in [5, 5.41) is 16.6. The van der Waals surface area contributed by atoms with Crippen molar-refractivity contribution in [2.24, 2.45) is 0 Å². The minimum atomic E-state index is -0.281. The lowest BCUT2D eigenvalue weighted by Gasteiger charge is -2.32. The highest BCUT2D eigenvalue weighted by atomic mass is 16.2. The molecule has 0 saturated carbocycles. The van der Waals surface area contributed by atoms with Gasteiger partial charge >= 0.3 is 0 Å². The maximum absolute atomic E-state index is 14.0. The molecule has 0 bridgehead atoms. The van der Waals surface area contributed by atoms with Crippen molar-refractivity contribution in [3.05, 3.63) is 156 Å². The summed E-state index contributed by atoms with van der Waals surface area (Å²) in [5.74, 6) is -0.561. The summed E-state index contributed by atoms with van der Waals surface area (Å²) in [6.45, 7) is 1.77. The number of amides is 2. The quantitative estimate of drug-likeness (QED) is 0.107. The number of hydrogen-bond acceptors (Lipinski definition) is 3. The second-order valence-corrected chi connectivity index (χ2v) is 13.9. The number of nitrogens with zero attached hydrogens (tertiary/aromatic N) is 2. The van der Waals surface area contributed by atoms with Crippen LogP contribution in [0.25, 0.3) is 75.4 Å². The van der Waals surface area contributed by atoms with E-state index < -0.39 is 0 Å². The molecule has 0 aromatic heterocycles. The first-order chi connectivity index (χ1) is 24.7. The molecule has 2 aliphatic rings. The van der Waals surface area contributed by atoms with Crippen LogP contribution in [0.5, 0.6) is 0 Å². The van der Waals surface area contributed by atoms with E-state index in [-0.39, 0.29) is 11.8 Å². The fourth-order valence-corrected chi connectivity index (χ4v) is 9.48. The van der Waals surface area contributed by atoms with Gasteiger partial charge in [0.05, 0.1) is 5.69 Å². The number of para-hydroxylation sites is 2. The van der Waals surface area contributed by atoms with Crippen LogP contribution in [0.2, 0.25) is 0 Å². The van der Waals surface area contributed by atoms with Gasteiger partial charge in [0.2, 0.25) is 0 Å². The van der Waals surface area contributed by atoms with Crippen LogP contribution in [-0.2, 0) is 13.1 Å². The van der Waals surface area contributed by atoms with E-state index in [1.54, 1.807) is 0 Å². The third-order valence-corrected chi connectivity index (χ3v) is 11.5. The van der Waals surface area contributed by atoms with Gasteiger partial charge in [-0.2, -0.15) is 0 Å². The minimum absolute atomic E-state index is 0.281. The first-order valence-electron chi connectivity index (χ1n) is 17.2. The molecule has 0 saturated heterocycles. The van der Waals surface area contributed by atoms with E-state index in [4.69, 9.17) is 0 Å². The lowest BCUT2D eigenvalue weighted by Crippen LogP contribution is -2.40. The Kier molecular flexibility index (Phi) is 4.83. The van der Waals surface area contributed by atoms with Crippen molar-refractivity contribution in [3.63, 3.8) is 0 Å². The van der Waals surface area contributed by atoms with Gasteiger partial charge in [0.1, 0.15) is 0 Å². The minimum Gasteiger partial charge on any atom is -0.363 e. The summed E-state index contributed by atoms with van der Waals surface area (Å²) in [7, 11) is 0. The van der Waals surface area contributed by atoms with E-state index in [0.717, 1.165) is 45.4 Å². The van der Waals surface area contributed by atoms with E-state index in [1.807, 2.05) is 42.5 Å². The Hall–Kier alpha value is -6.52. The third kappa shape index (κ3) is 3.13. The van der Waals surface area contributed by atoms with Crippen LogP contribution in [-0.4, -0.2) is 11.8 Å². The van der Waals surface area contributed by atoms with Crippen molar-refractivity contribution in [1.82, 2.24) is 0 Å². The summed E-state index contributed by atoms with van der Waals surface area (Å²) >= 11 is 0. The first-order valence-corrected chi connectivity index (χ1v) is 17.2. The van der Waals surface area contributed by atoms with Crippen molar-refractivity contribution in [2.45, 2.75) is 13.1 Å². The molecule has 12 rings (SSSR count). The molecule has 0 unspecified atom stereocenters. The Morgan fingerprint density at radius 3 is 1.16 bits per heavy atom. The van der Waals surface area contributed by atoms with Crippen molar-refractivity contribution in [3.8, 4) is 0 Å². The van der Waals surface area contributed by atoms with Gasteiger partial charge in [-0.05, 0) is 118 Å². The lowest BCUT2D eigenvalue weighted by atomic mass is 9.81. The van der Waals surface area contributed by atoms with Crippen LogP contribution in [0.4, 0.5) is 11.4 Å². The molecule has 50 heavy (non-hydrogen) atoms. The van der Waals surface area contributed by atoms with Crippen LogP contribution < -0.4 is 9.80 Å². The summed E-state index contributed by atoms with van der Waals surface area (Å²) in [4.78, 5) is 31.8. The Bertz CT molecular complexity index is 2970. The van der Waals surface area contributed by atoms with Crippen molar-refractivity contribution < 1.29 is 9.59 Å². The van der Waals surface area contributed by atoms with Gasteiger partial charge in [-0.15, -0.1) is 0 Å². The molecule has 0 N–H and O–H groups in total. The SMILES string of the molecule is O=C1c2ccc3c4ccc5c6ccc7c8c(ccc(c9ccc(c%10ccc(c2c3%10)C(=O)N1c1ccccc1)c4c59)c86)CN(c1ccccc1)C7. The zero-order valence-corrected chi connectivity index (χ0v) is 26.8. The monoisotopic (exact) mass is 638 g/mol. The number of carbonyl (C=O) groups is 2. The molecule has 4 heteroatoms. The van der Waals surface area contributed by atoms with Crippen LogP contribution in [0.15, 0.2) is 133 Å². The molecule has 10 aromatic carbocycles. The van der Waals surface area contributed by atoms with Gasteiger partial charge in [-0.1, -0.05) is 97.1 Å². The largest absolute Gasteiger partial charge is 0.363 e. The van der Waals surface area contributed by atoms with Gasteiger partial charge in [-0.3, -0.25) is 9.59 Å². The van der Waals surface area contributed by atoms with Crippen molar-refractivity contribution in [2.75, 3.05) is 9.80 Å². The maximum atomic E-state index is 14.0. The van der Waals surface area contributed by atoms with E-state index in [0.29, 0.717) is 16.8 Å². The maximum Gasteiger partial charge on any atom is 0.265 e. The second kappa shape index (κ2) is 9.13. The average Bonchev–Trinajstić information content (AvgIpc) is 3.17. The predicted octanol–water partition coefficient (Wildman–Crippen LogP) is 11.0. The normalized spacial score (nSPS) is 14.6. The lowest BCUT2D eigenvalue weighted by molar-refractivity contribution is 0.0893. The highest BCUT2D eigenvalue weighted by Gasteiger charge is 2.35. The molecule has 0 aliphatic carbocycles. The molecule has 10 aromatic rings. The number of imide groups is 1. The standard InChI is InChI=1S/C46H26N2O2/c49-45-37-21-19-35-33-17-15-31-29-13-11-25-23-47(27-7-3-1-4-8-27)24-26-12-14-30(40(29)39(25)26)32-16-18-34(42(33)41(31)32)36-20-22-38(44(37)43(35)36)46(50)48(45)28-9-5-2-6-10-28/h1-22H,23-24H2. The van der Waals surface area contributed by atoms with Gasteiger partial charge < -0.3 is 4.90 Å². The fourth-order valence-electron chi connectivity index (χ4n) is 9.48. The number of hydrogen-bond donors (Lipinski definition) is 0. The van der Waals surface area contributed by atoms with Crippen LogP contribution in [0, 0.1) is 0 Å². The number of anilines is 2. The summed E-state index contributed by atoms with van der Waals surface area (Å²) in [6.07, 6.45) is 0. The second-order valence-electron chi connectivity index (χ2n) is 13.9. The number of carbonyl (C=O) groups excluding carboxylic acids is 2. The van der Waals surface area contributed by atoms with Crippen LogP contribution in [0.3, 0.4) is 0 Å². The fraction of sp³-hybridized carbons (Fsp3) is 0.0435. The Morgan fingerprint density at radius 2 is 0.700 bits per heavy atom. The topological polar surface area (TPSA) is 40.6 Å². The van der Waals surface area contributed by atoms with E-state index >= 15 is 0 Å². The molecule has 0 atom stereocenters. The summed E-state index contributed by atoms with van der Waals surface area (Å²) in [5.41, 5.74) is 5.70.